The summed E-state index contributed by atoms with van der Waals surface area (Å²) in [5.41, 5.74) is -1.42. The predicted octanol–water partition coefficient (Wildman–Crippen LogP) is 2.63. The van der Waals surface area contributed by atoms with Crippen molar-refractivity contribution in [2.75, 3.05) is 26.7 Å². The van der Waals surface area contributed by atoms with E-state index in [4.69, 9.17) is 4.74 Å². The van der Waals surface area contributed by atoms with Crippen LogP contribution in [0.3, 0.4) is 0 Å². The lowest BCUT2D eigenvalue weighted by atomic mass is 9.92. The molecule has 0 spiro atoms. The molecule has 0 radical (unpaired) electrons. The Balaban J connectivity index is 1.59. The van der Waals surface area contributed by atoms with Crippen LogP contribution in [0.2, 0.25) is 0 Å². The molecule has 4 heterocycles. The number of aromatic nitrogens is 3. The van der Waals surface area contributed by atoms with E-state index in [1.54, 1.807) is 31.1 Å². The number of carbonyl (C=O) groups excluding carboxylic acids is 2. The lowest BCUT2D eigenvalue weighted by Crippen LogP contribution is -2.61. The molecule has 3 aromatic rings. The van der Waals surface area contributed by atoms with Crippen molar-refractivity contribution in [2.45, 2.75) is 51.3 Å². The summed E-state index contributed by atoms with van der Waals surface area (Å²) < 4.78 is 20.2. The molecule has 12 heteroatoms. The van der Waals surface area contributed by atoms with Crippen molar-refractivity contribution in [2.24, 2.45) is 0 Å². The molecule has 2 amide bonds. The van der Waals surface area contributed by atoms with Gasteiger partial charge in [0.1, 0.15) is 16.4 Å². The molecule has 2 aliphatic rings. The second-order valence-corrected chi connectivity index (χ2v) is 11.5. The maximum absolute atomic E-state index is 14.0. The fourth-order valence-electron chi connectivity index (χ4n) is 5.21. The Morgan fingerprint density at radius 2 is 1.97 bits per heavy atom. The first-order chi connectivity index (χ1) is 18.5. The first-order valence-corrected chi connectivity index (χ1v) is 13.5. The number of fused-ring (bicyclic) bond motifs is 1. The van der Waals surface area contributed by atoms with Gasteiger partial charge < -0.3 is 24.2 Å². The Labute approximate surface area is 228 Å². The average Bonchev–Trinajstić information content (AvgIpc) is 3.58. The summed E-state index contributed by atoms with van der Waals surface area (Å²) in [5, 5.41) is 20.3. The fraction of sp³-hybridized carbons (Fsp3) is 0.444. The number of aromatic hydroxyl groups is 1. The first-order valence-electron chi connectivity index (χ1n) is 12.7. The van der Waals surface area contributed by atoms with E-state index < -0.39 is 22.6 Å². The molecular weight excluding hydrogens is 525 g/mol. The number of ether oxygens (including phenoxy) is 1. The van der Waals surface area contributed by atoms with Gasteiger partial charge >= 0.3 is 0 Å². The normalized spacial score (nSPS) is 21.1. The molecule has 39 heavy (non-hydrogen) atoms. The highest BCUT2D eigenvalue weighted by Gasteiger charge is 2.49. The third kappa shape index (κ3) is 4.71. The Hall–Kier alpha value is -3.64. The van der Waals surface area contributed by atoms with E-state index in [2.05, 4.69) is 10.2 Å². The van der Waals surface area contributed by atoms with Gasteiger partial charge in [0, 0.05) is 38.9 Å². The number of nitrogens with zero attached hydrogens (tertiary/aromatic N) is 5. The molecule has 1 N–H and O–H groups in total. The molecule has 2 aromatic heterocycles. The smallest absolute Gasteiger partial charge is 0.274 e. The summed E-state index contributed by atoms with van der Waals surface area (Å²) in [6, 6.07) is 5.73. The molecule has 2 atom stereocenters. The van der Waals surface area contributed by atoms with Crippen LogP contribution in [0.25, 0.3) is 10.6 Å². The van der Waals surface area contributed by atoms with E-state index in [0.29, 0.717) is 30.9 Å². The molecule has 0 bridgehead atoms. The second-order valence-electron chi connectivity index (χ2n) is 10.4. The summed E-state index contributed by atoms with van der Waals surface area (Å²) in [5.74, 6) is -1.83. The molecular formula is C27H30FN5O5S. The van der Waals surface area contributed by atoms with Crippen molar-refractivity contribution < 1.29 is 23.8 Å². The maximum Gasteiger partial charge on any atom is 0.274 e. The maximum atomic E-state index is 14.0. The van der Waals surface area contributed by atoms with Gasteiger partial charge in [-0.2, -0.15) is 0 Å². The van der Waals surface area contributed by atoms with Crippen molar-refractivity contribution in [3.8, 4) is 16.3 Å². The van der Waals surface area contributed by atoms with Crippen molar-refractivity contribution in [3.63, 3.8) is 0 Å². The summed E-state index contributed by atoms with van der Waals surface area (Å²) in [6.07, 6.45) is 2.43. The highest BCUT2D eigenvalue weighted by molar-refractivity contribution is 7.14. The Morgan fingerprint density at radius 3 is 2.62 bits per heavy atom. The third-order valence-corrected chi connectivity index (χ3v) is 8.43. The van der Waals surface area contributed by atoms with Gasteiger partial charge in [0.15, 0.2) is 16.5 Å². The standard InChI is InChI=1S/C27H30FN5O5S/c1-15(2)32-14-27(3,26(37)31-10-9-18(12-31)38-4)33-13-19(22(34)23(35)21(33)25(32)36)24-30-29-20(39-24)11-16-5-7-17(28)8-6-16/h5-8,13,15,18,35H,9-12,14H2,1-4H3/t18-,27+/m0/s1. The fourth-order valence-corrected chi connectivity index (χ4v) is 6.09. The summed E-state index contributed by atoms with van der Waals surface area (Å²) in [4.78, 5) is 44.0. The molecule has 0 aliphatic carbocycles. The molecule has 1 saturated heterocycles. The lowest BCUT2D eigenvalue weighted by molar-refractivity contribution is -0.141. The monoisotopic (exact) mass is 555 g/mol. The van der Waals surface area contributed by atoms with E-state index in [0.717, 1.165) is 16.9 Å². The highest BCUT2D eigenvalue weighted by Crippen LogP contribution is 2.36. The number of pyridine rings is 1. The first kappa shape index (κ1) is 26.9. The number of halogens is 1. The molecule has 206 valence electrons. The predicted molar refractivity (Wildman–Crippen MR) is 142 cm³/mol. The molecule has 0 saturated carbocycles. The van der Waals surface area contributed by atoms with Gasteiger partial charge in [0.25, 0.3) is 5.91 Å². The Kier molecular flexibility index (Phi) is 7.02. The van der Waals surface area contributed by atoms with Crippen LogP contribution >= 0.6 is 11.3 Å². The minimum atomic E-state index is -1.29. The summed E-state index contributed by atoms with van der Waals surface area (Å²) >= 11 is 1.15. The topological polar surface area (TPSA) is 118 Å². The minimum absolute atomic E-state index is 0.0418. The van der Waals surface area contributed by atoms with E-state index >= 15 is 0 Å². The van der Waals surface area contributed by atoms with Gasteiger partial charge in [-0.1, -0.05) is 23.5 Å². The van der Waals surface area contributed by atoms with E-state index in [9.17, 15) is 23.9 Å². The van der Waals surface area contributed by atoms with Crippen LogP contribution in [0.1, 0.15) is 48.3 Å². The zero-order chi connectivity index (χ0) is 28.1. The van der Waals surface area contributed by atoms with Crippen molar-refractivity contribution >= 4 is 23.2 Å². The quantitative estimate of drug-likeness (QED) is 0.497. The average molecular weight is 556 g/mol. The number of carbonyl (C=O) groups is 2. The summed E-state index contributed by atoms with van der Waals surface area (Å²) in [6.45, 7) is 6.34. The molecule has 5 rings (SSSR count). The number of hydrogen-bond donors (Lipinski definition) is 1. The van der Waals surface area contributed by atoms with Crippen LogP contribution < -0.4 is 5.43 Å². The van der Waals surface area contributed by atoms with Gasteiger partial charge in [0.2, 0.25) is 11.3 Å². The van der Waals surface area contributed by atoms with Crippen molar-refractivity contribution in [3.05, 3.63) is 62.8 Å². The van der Waals surface area contributed by atoms with E-state index in [1.165, 1.54) is 27.8 Å². The number of benzene rings is 1. The van der Waals surface area contributed by atoms with Gasteiger partial charge in [-0.05, 0) is 44.9 Å². The Morgan fingerprint density at radius 1 is 1.26 bits per heavy atom. The SMILES string of the molecule is CO[C@H]1CCN(C(=O)[C@@]2(C)CN(C(C)C)C(=O)c3c(O)c(=O)c(-c4nnc(Cc5ccc(F)cc5)s4)cn32)C1. The molecule has 2 aliphatic heterocycles. The third-order valence-electron chi connectivity index (χ3n) is 7.47. The second kappa shape index (κ2) is 10.2. The number of methoxy groups -OCH3 is 1. The molecule has 10 nitrogen and oxygen atoms in total. The van der Waals surface area contributed by atoms with Crippen LogP contribution in [0.5, 0.6) is 5.75 Å². The zero-order valence-corrected chi connectivity index (χ0v) is 23.0. The van der Waals surface area contributed by atoms with Gasteiger partial charge in [-0.15, -0.1) is 10.2 Å². The van der Waals surface area contributed by atoms with Gasteiger partial charge in [-0.25, -0.2) is 4.39 Å². The van der Waals surface area contributed by atoms with Gasteiger partial charge in [0.05, 0.1) is 18.2 Å². The van der Waals surface area contributed by atoms with Crippen LogP contribution in [0, 0.1) is 5.82 Å². The van der Waals surface area contributed by atoms with E-state index in [1.807, 2.05) is 13.8 Å². The summed E-state index contributed by atoms with van der Waals surface area (Å²) in [7, 11) is 1.61. The van der Waals surface area contributed by atoms with E-state index in [-0.39, 0.29) is 46.7 Å². The largest absolute Gasteiger partial charge is 0.503 e. The van der Waals surface area contributed by atoms with Crippen molar-refractivity contribution in [1.82, 2.24) is 24.6 Å². The molecule has 1 aromatic carbocycles. The van der Waals surface area contributed by atoms with Crippen LogP contribution in [0.15, 0.2) is 35.3 Å². The van der Waals surface area contributed by atoms with Crippen LogP contribution in [0.4, 0.5) is 4.39 Å². The zero-order valence-electron chi connectivity index (χ0n) is 22.2. The van der Waals surface area contributed by atoms with Gasteiger partial charge in [-0.3, -0.25) is 14.4 Å². The van der Waals surface area contributed by atoms with Crippen molar-refractivity contribution in [1.29, 1.82) is 0 Å². The van der Waals surface area contributed by atoms with Crippen LogP contribution in [-0.2, 0) is 21.5 Å². The molecule has 1 fully saturated rings. The highest BCUT2D eigenvalue weighted by atomic mass is 32.1. The number of amides is 2. The minimum Gasteiger partial charge on any atom is -0.503 e. The number of rotatable bonds is 6. The lowest BCUT2D eigenvalue weighted by Gasteiger charge is -2.45. The molecule has 0 unspecified atom stereocenters. The Bertz CT molecular complexity index is 1490. The number of likely N-dealkylation sites (tertiary alicyclic amines) is 1. The van der Waals surface area contributed by atoms with Crippen LogP contribution in [-0.4, -0.2) is 80.4 Å². The number of hydrogen-bond acceptors (Lipinski definition) is 8.